The van der Waals surface area contributed by atoms with E-state index in [4.69, 9.17) is 11.6 Å². The van der Waals surface area contributed by atoms with Crippen molar-refractivity contribution in [3.8, 4) is 0 Å². The summed E-state index contributed by atoms with van der Waals surface area (Å²) in [5.41, 5.74) is 2.04. The van der Waals surface area contributed by atoms with Gasteiger partial charge in [-0.2, -0.15) is 0 Å². The van der Waals surface area contributed by atoms with Crippen molar-refractivity contribution in [1.82, 2.24) is 5.32 Å². The highest BCUT2D eigenvalue weighted by Crippen LogP contribution is 2.36. The average molecular weight is 519 g/mol. The molecule has 1 aliphatic rings. The van der Waals surface area contributed by atoms with Crippen molar-refractivity contribution >= 4 is 39.9 Å². The summed E-state index contributed by atoms with van der Waals surface area (Å²) in [4.78, 5) is 28.7. The smallest absolute Gasteiger partial charge is 0.259 e. The monoisotopic (exact) mass is 518 g/mol. The van der Waals surface area contributed by atoms with Crippen molar-refractivity contribution in [2.45, 2.75) is 22.9 Å². The molecular weight excluding hydrogens is 499 g/mol. The summed E-state index contributed by atoms with van der Waals surface area (Å²) in [5, 5.41) is 3.45. The molecule has 0 bridgehead atoms. The molecule has 36 heavy (non-hydrogen) atoms. The molecule has 1 unspecified atom stereocenters. The Morgan fingerprint density at radius 3 is 2.42 bits per heavy atom. The van der Waals surface area contributed by atoms with Gasteiger partial charge in [0, 0.05) is 22.7 Å². The quantitative estimate of drug-likeness (QED) is 0.366. The van der Waals surface area contributed by atoms with Gasteiger partial charge in [-0.05, 0) is 54.1 Å². The number of nitrogens with zero attached hydrogens (tertiary/aromatic N) is 1. The zero-order valence-electron chi connectivity index (χ0n) is 18.9. The number of anilines is 1. The fourth-order valence-electron chi connectivity index (χ4n) is 4.05. The predicted molar refractivity (Wildman–Crippen MR) is 137 cm³/mol. The van der Waals surface area contributed by atoms with E-state index in [0.29, 0.717) is 26.1 Å². The lowest BCUT2D eigenvalue weighted by molar-refractivity contribution is 0.0947. The number of hydrogen-bond donors (Lipinski definition) is 1. The van der Waals surface area contributed by atoms with Crippen molar-refractivity contribution < 1.29 is 18.2 Å². The number of fused-ring (bicyclic) bond motifs is 2. The fraction of sp³-hybridized carbons (Fsp3) is 0.0714. The molecule has 4 aromatic rings. The molecule has 1 N–H and O–H groups in total. The van der Waals surface area contributed by atoms with Crippen LogP contribution in [0.15, 0.2) is 101 Å². The normalized spacial score (nSPS) is 14.6. The molecule has 8 heteroatoms. The Labute approximate surface area is 215 Å². The Kier molecular flexibility index (Phi) is 6.67. The summed E-state index contributed by atoms with van der Waals surface area (Å²) in [5.74, 6) is -1.24. The molecule has 5 rings (SSSR count). The van der Waals surface area contributed by atoms with E-state index in [1.54, 1.807) is 66.7 Å². The summed E-state index contributed by atoms with van der Waals surface area (Å²) >= 11 is 5.92. The number of hydrogen-bond acceptors (Lipinski definition) is 3. The van der Waals surface area contributed by atoms with Gasteiger partial charge in [-0.25, -0.2) is 8.60 Å². The number of benzene rings is 4. The summed E-state index contributed by atoms with van der Waals surface area (Å²) in [6.45, 7) is 0.197. The second-order valence-electron chi connectivity index (χ2n) is 8.24. The highest BCUT2D eigenvalue weighted by atomic mass is 35.5. The summed E-state index contributed by atoms with van der Waals surface area (Å²) in [6.07, 6.45) is 0. The topological polar surface area (TPSA) is 66.5 Å². The van der Waals surface area contributed by atoms with E-state index in [1.807, 2.05) is 12.1 Å². The summed E-state index contributed by atoms with van der Waals surface area (Å²) in [6, 6.07) is 24.7. The maximum atomic E-state index is 14.5. The van der Waals surface area contributed by atoms with E-state index in [2.05, 4.69) is 5.32 Å². The molecule has 0 fully saturated rings. The van der Waals surface area contributed by atoms with Crippen LogP contribution in [0.2, 0.25) is 5.02 Å². The van der Waals surface area contributed by atoms with E-state index in [-0.39, 0.29) is 30.1 Å². The van der Waals surface area contributed by atoms with Crippen LogP contribution in [-0.2, 0) is 23.9 Å². The fourth-order valence-corrected chi connectivity index (χ4v) is 5.52. The van der Waals surface area contributed by atoms with E-state index in [0.717, 1.165) is 5.56 Å². The third-order valence-electron chi connectivity index (χ3n) is 5.93. The van der Waals surface area contributed by atoms with Crippen LogP contribution in [0.3, 0.4) is 0 Å². The SMILES string of the molecule is O=C(NCc1ccc(Cl)cc1)c1ccc2c(c1)N(Cc1ccccc1F)C(=O)c1ccccc1S2=O. The average Bonchev–Trinajstić information content (AvgIpc) is 2.98. The van der Waals surface area contributed by atoms with E-state index < -0.39 is 22.5 Å². The van der Waals surface area contributed by atoms with Crippen LogP contribution in [0.25, 0.3) is 0 Å². The molecular formula is C28H20ClFN2O3S. The first-order valence-electron chi connectivity index (χ1n) is 11.1. The van der Waals surface area contributed by atoms with Gasteiger partial charge in [0.1, 0.15) is 5.82 Å². The van der Waals surface area contributed by atoms with Gasteiger partial charge in [0.15, 0.2) is 0 Å². The second-order valence-corrected chi connectivity index (χ2v) is 10.1. The first-order chi connectivity index (χ1) is 17.4. The minimum Gasteiger partial charge on any atom is -0.348 e. The number of amides is 2. The van der Waals surface area contributed by atoms with Gasteiger partial charge in [-0.1, -0.05) is 54.1 Å². The van der Waals surface area contributed by atoms with Crippen molar-refractivity contribution in [2.24, 2.45) is 0 Å². The molecule has 0 saturated heterocycles. The van der Waals surface area contributed by atoms with Crippen molar-refractivity contribution in [2.75, 3.05) is 4.90 Å². The van der Waals surface area contributed by atoms with Crippen molar-refractivity contribution in [1.29, 1.82) is 0 Å². The first-order valence-corrected chi connectivity index (χ1v) is 12.7. The maximum Gasteiger partial charge on any atom is 0.259 e. The highest BCUT2D eigenvalue weighted by molar-refractivity contribution is 7.85. The van der Waals surface area contributed by atoms with Crippen LogP contribution in [0, 0.1) is 5.82 Å². The van der Waals surface area contributed by atoms with Gasteiger partial charge in [-0.3, -0.25) is 9.59 Å². The van der Waals surface area contributed by atoms with Crippen LogP contribution in [0.5, 0.6) is 0 Å². The van der Waals surface area contributed by atoms with Gasteiger partial charge < -0.3 is 10.2 Å². The second kappa shape index (κ2) is 10.0. The van der Waals surface area contributed by atoms with Crippen LogP contribution in [-0.4, -0.2) is 16.0 Å². The van der Waals surface area contributed by atoms with Crippen molar-refractivity contribution in [3.05, 3.63) is 124 Å². The maximum absolute atomic E-state index is 14.5. The molecule has 0 saturated carbocycles. The molecule has 0 spiro atoms. The third-order valence-corrected chi connectivity index (χ3v) is 7.68. The van der Waals surface area contributed by atoms with E-state index in [9.17, 15) is 18.2 Å². The number of nitrogens with one attached hydrogen (secondary N) is 1. The molecule has 0 aliphatic carbocycles. The number of halogens is 2. The number of carbonyl (C=O) groups is 2. The minimum atomic E-state index is -1.67. The summed E-state index contributed by atoms with van der Waals surface area (Å²) in [7, 11) is -1.67. The molecule has 180 valence electrons. The largest absolute Gasteiger partial charge is 0.348 e. The lowest BCUT2D eigenvalue weighted by atomic mass is 10.1. The predicted octanol–water partition coefficient (Wildman–Crippen LogP) is 5.74. The zero-order valence-corrected chi connectivity index (χ0v) is 20.5. The lowest BCUT2D eigenvalue weighted by Crippen LogP contribution is -2.31. The Bertz CT molecular complexity index is 1510. The third kappa shape index (κ3) is 4.67. The van der Waals surface area contributed by atoms with Crippen molar-refractivity contribution in [3.63, 3.8) is 0 Å². The summed E-state index contributed by atoms with van der Waals surface area (Å²) < 4.78 is 28.1. The molecule has 0 radical (unpaired) electrons. The van der Waals surface area contributed by atoms with E-state index in [1.165, 1.54) is 17.0 Å². The molecule has 0 aromatic heterocycles. The Hall–Kier alpha value is -3.81. The lowest BCUT2D eigenvalue weighted by Gasteiger charge is -2.24. The molecule has 4 aromatic carbocycles. The van der Waals surface area contributed by atoms with E-state index >= 15 is 0 Å². The van der Waals surface area contributed by atoms with Crippen LogP contribution in [0.1, 0.15) is 31.8 Å². The first kappa shape index (κ1) is 23.9. The van der Waals surface area contributed by atoms with Gasteiger partial charge in [0.2, 0.25) is 0 Å². The Balaban J connectivity index is 1.54. The number of carbonyl (C=O) groups excluding carboxylic acids is 2. The molecule has 5 nitrogen and oxygen atoms in total. The Morgan fingerprint density at radius 2 is 1.64 bits per heavy atom. The zero-order chi connectivity index (χ0) is 25.2. The molecule has 1 aliphatic heterocycles. The van der Waals surface area contributed by atoms with Gasteiger partial charge >= 0.3 is 0 Å². The van der Waals surface area contributed by atoms with Gasteiger partial charge in [-0.15, -0.1) is 0 Å². The molecule has 1 atom stereocenters. The van der Waals surface area contributed by atoms with Gasteiger partial charge in [0.05, 0.1) is 38.4 Å². The minimum absolute atomic E-state index is 0.0834. The molecule has 2 amide bonds. The number of rotatable bonds is 5. The van der Waals surface area contributed by atoms with Crippen LogP contribution >= 0.6 is 11.6 Å². The highest BCUT2D eigenvalue weighted by Gasteiger charge is 2.32. The Morgan fingerprint density at radius 1 is 0.917 bits per heavy atom. The van der Waals surface area contributed by atoms with Gasteiger partial charge in [0.25, 0.3) is 11.8 Å². The molecule has 1 heterocycles. The standard InChI is InChI=1S/C28H20ClFN2O3S/c29-21-12-9-18(10-13-21)16-31-27(33)19-11-14-26-24(15-19)32(17-20-5-1-3-7-23(20)30)28(34)22-6-2-4-8-25(22)36(26)35/h1-15H,16-17H2,(H,31,33). The van der Waals surface area contributed by atoms with Crippen LogP contribution in [0.4, 0.5) is 10.1 Å². The van der Waals surface area contributed by atoms with Crippen LogP contribution < -0.4 is 10.2 Å².